The summed E-state index contributed by atoms with van der Waals surface area (Å²) in [6.07, 6.45) is 3.30. The highest BCUT2D eigenvalue weighted by atomic mass is 16.5. The van der Waals surface area contributed by atoms with E-state index in [4.69, 9.17) is 9.47 Å². The molecule has 0 fully saturated rings. The molecule has 2 N–H and O–H groups in total. The second-order valence-electron chi connectivity index (χ2n) is 4.39. The number of amides is 2. The Labute approximate surface area is 120 Å². The third-order valence-electron chi connectivity index (χ3n) is 2.78. The highest BCUT2D eigenvalue weighted by Gasteiger charge is 2.03. The predicted octanol–water partition coefficient (Wildman–Crippen LogP) is 2.56. The van der Waals surface area contributed by atoms with Gasteiger partial charge in [0.25, 0.3) is 0 Å². The lowest BCUT2D eigenvalue weighted by Gasteiger charge is -2.11. The molecule has 0 aromatic heterocycles. The molecule has 1 aromatic carbocycles. The van der Waals surface area contributed by atoms with Crippen LogP contribution in [0.1, 0.15) is 26.2 Å². The number of hydrogen-bond donors (Lipinski definition) is 2. The molecule has 0 bridgehead atoms. The zero-order valence-electron chi connectivity index (χ0n) is 12.3. The quantitative estimate of drug-likeness (QED) is 0.683. The molecule has 0 radical (unpaired) electrons. The minimum atomic E-state index is -0.148. The van der Waals surface area contributed by atoms with E-state index in [0.717, 1.165) is 19.3 Å². The second-order valence-corrected chi connectivity index (χ2v) is 4.39. The van der Waals surface area contributed by atoms with Crippen LogP contribution >= 0.6 is 0 Å². The molecule has 0 spiro atoms. The summed E-state index contributed by atoms with van der Waals surface area (Å²) < 4.78 is 10.7. The molecule has 0 saturated carbocycles. The van der Waals surface area contributed by atoms with E-state index in [2.05, 4.69) is 17.6 Å². The van der Waals surface area contributed by atoms with Gasteiger partial charge >= 0.3 is 6.03 Å². The lowest BCUT2D eigenvalue weighted by atomic mass is 10.2. The maximum Gasteiger partial charge on any atom is 0.314 e. The number of methoxy groups -OCH3 is 1. The standard InChI is InChI=1S/C15H24N2O3/c1-3-4-7-10-16-15(18)17-11-12-20-14-9-6-5-8-13(14)19-2/h5-6,8-9H,3-4,7,10-12H2,1-2H3,(H2,16,17,18). The van der Waals surface area contributed by atoms with E-state index in [1.54, 1.807) is 7.11 Å². The average Bonchev–Trinajstić information content (AvgIpc) is 2.48. The zero-order chi connectivity index (χ0) is 14.6. The SMILES string of the molecule is CCCCCNC(=O)NCCOc1ccccc1OC. The van der Waals surface area contributed by atoms with E-state index < -0.39 is 0 Å². The Kier molecular flexibility index (Phi) is 8.03. The topological polar surface area (TPSA) is 59.6 Å². The Morgan fingerprint density at radius 3 is 2.50 bits per heavy atom. The van der Waals surface area contributed by atoms with E-state index in [0.29, 0.717) is 31.2 Å². The Balaban J connectivity index is 2.13. The number of nitrogens with one attached hydrogen (secondary N) is 2. The normalized spacial score (nSPS) is 9.90. The minimum Gasteiger partial charge on any atom is -0.493 e. The Morgan fingerprint density at radius 1 is 1.10 bits per heavy atom. The van der Waals surface area contributed by atoms with Gasteiger partial charge in [-0.1, -0.05) is 31.9 Å². The van der Waals surface area contributed by atoms with Gasteiger partial charge in [0.15, 0.2) is 11.5 Å². The third kappa shape index (κ3) is 6.31. The molecule has 0 aliphatic rings. The molecule has 5 heteroatoms. The summed E-state index contributed by atoms with van der Waals surface area (Å²) in [5.74, 6) is 1.37. The lowest BCUT2D eigenvalue weighted by molar-refractivity contribution is 0.235. The van der Waals surface area contributed by atoms with E-state index in [9.17, 15) is 4.79 Å². The van der Waals surface area contributed by atoms with E-state index in [-0.39, 0.29) is 6.03 Å². The van der Waals surface area contributed by atoms with Crippen LogP contribution < -0.4 is 20.1 Å². The summed E-state index contributed by atoms with van der Waals surface area (Å²) in [5, 5.41) is 5.56. The first-order valence-electron chi connectivity index (χ1n) is 7.05. The minimum absolute atomic E-state index is 0.148. The largest absolute Gasteiger partial charge is 0.493 e. The van der Waals surface area contributed by atoms with Gasteiger partial charge in [0.2, 0.25) is 0 Å². The van der Waals surface area contributed by atoms with Crippen molar-refractivity contribution in [2.24, 2.45) is 0 Å². The third-order valence-corrected chi connectivity index (χ3v) is 2.78. The molecule has 0 aliphatic carbocycles. The first-order valence-corrected chi connectivity index (χ1v) is 7.05. The molecule has 0 atom stereocenters. The van der Waals surface area contributed by atoms with Crippen molar-refractivity contribution < 1.29 is 14.3 Å². The number of urea groups is 1. The van der Waals surface area contributed by atoms with Gasteiger partial charge in [-0.05, 0) is 18.6 Å². The molecule has 20 heavy (non-hydrogen) atoms. The second kappa shape index (κ2) is 9.95. The van der Waals surface area contributed by atoms with Crippen molar-refractivity contribution in [2.75, 3.05) is 26.8 Å². The average molecular weight is 280 g/mol. The number of rotatable bonds is 9. The van der Waals surface area contributed by atoms with Gasteiger partial charge in [-0.2, -0.15) is 0 Å². The number of carbonyl (C=O) groups excluding carboxylic acids is 1. The van der Waals surface area contributed by atoms with Crippen molar-refractivity contribution in [3.8, 4) is 11.5 Å². The number of carbonyl (C=O) groups is 1. The van der Waals surface area contributed by atoms with Gasteiger partial charge < -0.3 is 20.1 Å². The summed E-state index contributed by atoms with van der Waals surface area (Å²) in [6, 6.07) is 7.29. The molecule has 0 saturated heterocycles. The predicted molar refractivity (Wildman–Crippen MR) is 79.4 cm³/mol. The Morgan fingerprint density at radius 2 is 1.80 bits per heavy atom. The molecule has 5 nitrogen and oxygen atoms in total. The number of hydrogen-bond acceptors (Lipinski definition) is 3. The Bertz CT molecular complexity index is 396. The maximum atomic E-state index is 11.4. The maximum absolute atomic E-state index is 11.4. The van der Waals surface area contributed by atoms with Crippen molar-refractivity contribution in [2.45, 2.75) is 26.2 Å². The summed E-state index contributed by atoms with van der Waals surface area (Å²) >= 11 is 0. The van der Waals surface area contributed by atoms with Crippen LogP contribution in [0.15, 0.2) is 24.3 Å². The first-order chi connectivity index (χ1) is 9.77. The zero-order valence-corrected chi connectivity index (χ0v) is 12.3. The molecule has 1 aromatic rings. The van der Waals surface area contributed by atoms with Gasteiger partial charge in [-0.25, -0.2) is 4.79 Å². The van der Waals surface area contributed by atoms with Crippen molar-refractivity contribution in [1.82, 2.24) is 10.6 Å². The van der Waals surface area contributed by atoms with Crippen molar-refractivity contribution in [3.63, 3.8) is 0 Å². The highest BCUT2D eigenvalue weighted by molar-refractivity contribution is 5.73. The number of unbranched alkanes of at least 4 members (excludes halogenated alkanes) is 2. The lowest BCUT2D eigenvalue weighted by Crippen LogP contribution is -2.38. The summed E-state index contributed by atoms with van der Waals surface area (Å²) in [6.45, 7) is 3.71. The Hall–Kier alpha value is -1.91. The summed E-state index contributed by atoms with van der Waals surface area (Å²) in [7, 11) is 1.60. The smallest absolute Gasteiger partial charge is 0.314 e. The van der Waals surface area contributed by atoms with Crippen LogP contribution in [0.5, 0.6) is 11.5 Å². The molecule has 0 unspecified atom stereocenters. The van der Waals surface area contributed by atoms with Crippen LogP contribution in [0.2, 0.25) is 0 Å². The summed E-state index contributed by atoms with van der Waals surface area (Å²) in [4.78, 5) is 11.4. The molecule has 0 heterocycles. The van der Waals surface area contributed by atoms with Gasteiger partial charge in [-0.3, -0.25) is 0 Å². The van der Waals surface area contributed by atoms with Crippen LogP contribution in [0, 0.1) is 0 Å². The molecule has 112 valence electrons. The van der Waals surface area contributed by atoms with Crippen molar-refractivity contribution in [1.29, 1.82) is 0 Å². The van der Waals surface area contributed by atoms with E-state index in [1.165, 1.54) is 0 Å². The van der Waals surface area contributed by atoms with Gasteiger partial charge in [0.1, 0.15) is 6.61 Å². The molecular weight excluding hydrogens is 256 g/mol. The van der Waals surface area contributed by atoms with Crippen LogP contribution in [0.4, 0.5) is 4.79 Å². The molecule has 1 rings (SSSR count). The van der Waals surface area contributed by atoms with Crippen LogP contribution in [-0.2, 0) is 0 Å². The summed E-state index contributed by atoms with van der Waals surface area (Å²) in [5.41, 5.74) is 0. The number of ether oxygens (including phenoxy) is 2. The van der Waals surface area contributed by atoms with Gasteiger partial charge in [0, 0.05) is 6.54 Å². The van der Waals surface area contributed by atoms with Gasteiger partial charge in [-0.15, -0.1) is 0 Å². The fourth-order valence-corrected chi connectivity index (χ4v) is 1.70. The monoisotopic (exact) mass is 280 g/mol. The number of benzene rings is 1. The molecule has 0 aliphatic heterocycles. The number of para-hydroxylation sites is 2. The van der Waals surface area contributed by atoms with Crippen LogP contribution in [-0.4, -0.2) is 32.8 Å². The molecular formula is C15H24N2O3. The van der Waals surface area contributed by atoms with Crippen molar-refractivity contribution >= 4 is 6.03 Å². The highest BCUT2D eigenvalue weighted by Crippen LogP contribution is 2.25. The van der Waals surface area contributed by atoms with Gasteiger partial charge in [0.05, 0.1) is 13.7 Å². The van der Waals surface area contributed by atoms with Crippen LogP contribution in [0.3, 0.4) is 0 Å². The first kappa shape index (κ1) is 16.1. The fourth-order valence-electron chi connectivity index (χ4n) is 1.70. The van der Waals surface area contributed by atoms with E-state index in [1.807, 2.05) is 24.3 Å². The van der Waals surface area contributed by atoms with Crippen LogP contribution in [0.25, 0.3) is 0 Å². The van der Waals surface area contributed by atoms with E-state index >= 15 is 0 Å². The molecule has 2 amide bonds. The van der Waals surface area contributed by atoms with Crippen molar-refractivity contribution in [3.05, 3.63) is 24.3 Å². The fraction of sp³-hybridized carbons (Fsp3) is 0.533.